The van der Waals surface area contributed by atoms with E-state index in [1.807, 2.05) is 10.3 Å². The highest BCUT2D eigenvalue weighted by Gasteiger charge is 2.20. The van der Waals surface area contributed by atoms with Gasteiger partial charge in [-0.05, 0) is 25.3 Å². The molecule has 9 heteroatoms. The highest BCUT2D eigenvalue weighted by Crippen LogP contribution is 2.12. The van der Waals surface area contributed by atoms with Crippen LogP contribution in [0.4, 0.5) is 15.9 Å². The number of aryl methyl sites for hydroxylation is 1. The van der Waals surface area contributed by atoms with Gasteiger partial charge >= 0.3 is 6.03 Å². The molecule has 0 unspecified atom stereocenters. The van der Waals surface area contributed by atoms with E-state index in [-0.39, 0.29) is 6.03 Å². The largest absolute Gasteiger partial charge is 0.375 e. The first kappa shape index (κ1) is 17.4. The van der Waals surface area contributed by atoms with Crippen molar-refractivity contribution in [3.05, 3.63) is 29.5 Å². The third-order valence-corrected chi connectivity index (χ3v) is 4.80. The molecule has 0 aromatic carbocycles. The van der Waals surface area contributed by atoms with Gasteiger partial charge in [-0.25, -0.2) is 19.7 Å². The van der Waals surface area contributed by atoms with Gasteiger partial charge in [0.15, 0.2) is 5.13 Å². The van der Waals surface area contributed by atoms with Crippen molar-refractivity contribution in [1.82, 2.24) is 25.2 Å². The molecule has 0 spiro atoms. The Balaban J connectivity index is 1.40. The number of urea groups is 1. The second kappa shape index (κ2) is 8.61. The quantitative estimate of drug-likeness (QED) is 0.780. The molecule has 134 valence electrons. The fraction of sp³-hybridized carbons (Fsp3) is 0.500. The number of carbonyl (C=O) groups excluding carboxylic acids is 1. The molecule has 2 amide bonds. The number of aromatic nitrogens is 3. The number of thiazole rings is 1. The van der Waals surface area contributed by atoms with Crippen LogP contribution in [0.2, 0.25) is 0 Å². The highest BCUT2D eigenvalue weighted by atomic mass is 32.1. The molecule has 0 atom stereocenters. The Bertz CT molecular complexity index is 678. The molecule has 2 aromatic rings. The zero-order valence-corrected chi connectivity index (χ0v) is 14.9. The standard InChI is InChI=1S/C16H23N7OS/c17-14-21-13(12-25-14)4-1-5-20-16(24)23-9-3-8-22(10-11-23)15-18-6-2-7-19-15/h2,6-7,12H,1,3-5,8-11H2,(H2,17,21)(H,20,24). The minimum atomic E-state index is -0.00591. The second-order valence-corrected chi connectivity index (χ2v) is 6.78. The topological polar surface area (TPSA) is 100 Å². The van der Waals surface area contributed by atoms with Gasteiger partial charge in [-0.1, -0.05) is 0 Å². The fourth-order valence-corrected chi connectivity index (χ4v) is 3.39. The van der Waals surface area contributed by atoms with Gasteiger partial charge in [-0.2, -0.15) is 0 Å². The summed E-state index contributed by atoms with van der Waals surface area (Å²) in [5.74, 6) is 0.729. The molecular weight excluding hydrogens is 338 g/mol. The number of nitrogens with one attached hydrogen (secondary N) is 1. The van der Waals surface area contributed by atoms with Gasteiger partial charge in [-0.3, -0.25) is 0 Å². The van der Waals surface area contributed by atoms with Crippen molar-refractivity contribution in [2.45, 2.75) is 19.3 Å². The van der Waals surface area contributed by atoms with Crippen molar-refractivity contribution in [2.24, 2.45) is 0 Å². The van der Waals surface area contributed by atoms with Gasteiger partial charge in [0.25, 0.3) is 0 Å². The Labute approximate surface area is 151 Å². The lowest BCUT2D eigenvalue weighted by Crippen LogP contribution is -2.42. The first-order valence-corrected chi connectivity index (χ1v) is 9.35. The van der Waals surface area contributed by atoms with Crippen LogP contribution >= 0.6 is 11.3 Å². The summed E-state index contributed by atoms with van der Waals surface area (Å²) in [7, 11) is 0. The van der Waals surface area contributed by atoms with Crippen molar-refractivity contribution in [3.63, 3.8) is 0 Å². The Morgan fingerprint density at radius 1 is 1.24 bits per heavy atom. The Morgan fingerprint density at radius 3 is 2.84 bits per heavy atom. The predicted molar refractivity (Wildman–Crippen MR) is 98.7 cm³/mol. The molecule has 1 saturated heterocycles. The van der Waals surface area contributed by atoms with E-state index in [9.17, 15) is 4.79 Å². The minimum Gasteiger partial charge on any atom is -0.375 e. The monoisotopic (exact) mass is 361 g/mol. The zero-order valence-electron chi connectivity index (χ0n) is 14.1. The molecule has 0 aliphatic carbocycles. The minimum absolute atomic E-state index is 0.00591. The van der Waals surface area contributed by atoms with Gasteiger partial charge < -0.3 is 20.9 Å². The van der Waals surface area contributed by atoms with Gasteiger partial charge in [0.05, 0.1) is 5.69 Å². The van der Waals surface area contributed by atoms with E-state index in [4.69, 9.17) is 5.73 Å². The average molecular weight is 361 g/mol. The number of nitrogen functional groups attached to an aromatic ring is 1. The summed E-state index contributed by atoms with van der Waals surface area (Å²) < 4.78 is 0. The van der Waals surface area contributed by atoms with Crippen LogP contribution in [0.15, 0.2) is 23.8 Å². The molecule has 1 aliphatic rings. The van der Waals surface area contributed by atoms with Crippen molar-refractivity contribution in [2.75, 3.05) is 43.4 Å². The van der Waals surface area contributed by atoms with E-state index >= 15 is 0 Å². The molecule has 1 fully saturated rings. The Hall–Kier alpha value is -2.42. The van der Waals surface area contributed by atoms with Crippen LogP contribution in [0.25, 0.3) is 0 Å². The summed E-state index contributed by atoms with van der Waals surface area (Å²) in [6.45, 7) is 3.66. The third kappa shape index (κ3) is 5.02. The maximum absolute atomic E-state index is 12.3. The molecule has 3 rings (SSSR count). The predicted octanol–water partition coefficient (Wildman–Crippen LogP) is 1.37. The molecule has 0 radical (unpaired) electrons. The third-order valence-electron chi connectivity index (χ3n) is 4.07. The first-order valence-electron chi connectivity index (χ1n) is 8.47. The van der Waals surface area contributed by atoms with Gasteiger partial charge in [-0.15, -0.1) is 11.3 Å². The summed E-state index contributed by atoms with van der Waals surface area (Å²) in [5.41, 5.74) is 6.61. The van der Waals surface area contributed by atoms with E-state index in [0.29, 0.717) is 18.2 Å². The fourth-order valence-electron chi connectivity index (χ4n) is 2.79. The lowest BCUT2D eigenvalue weighted by Gasteiger charge is -2.22. The summed E-state index contributed by atoms with van der Waals surface area (Å²) in [6.07, 6.45) is 6.07. The number of amides is 2. The van der Waals surface area contributed by atoms with Crippen molar-refractivity contribution in [3.8, 4) is 0 Å². The van der Waals surface area contributed by atoms with Crippen molar-refractivity contribution in [1.29, 1.82) is 0 Å². The number of anilines is 2. The molecule has 8 nitrogen and oxygen atoms in total. The highest BCUT2D eigenvalue weighted by molar-refractivity contribution is 7.13. The van der Waals surface area contributed by atoms with Crippen LogP contribution in [0.1, 0.15) is 18.5 Å². The molecule has 2 aromatic heterocycles. The lowest BCUT2D eigenvalue weighted by atomic mass is 10.2. The zero-order chi connectivity index (χ0) is 17.5. The number of carbonyl (C=O) groups is 1. The number of rotatable bonds is 5. The number of hydrogen-bond donors (Lipinski definition) is 2. The summed E-state index contributed by atoms with van der Waals surface area (Å²) in [5, 5.41) is 5.55. The molecule has 1 aliphatic heterocycles. The van der Waals surface area contributed by atoms with Gasteiger partial charge in [0, 0.05) is 50.5 Å². The van der Waals surface area contributed by atoms with Crippen LogP contribution in [0.3, 0.4) is 0 Å². The lowest BCUT2D eigenvalue weighted by molar-refractivity contribution is 0.201. The van der Waals surface area contributed by atoms with E-state index < -0.39 is 0 Å². The van der Waals surface area contributed by atoms with E-state index in [1.54, 1.807) is 18.5 Å². The maximum atomic E-state index is 12.3. The molecule has 0 bridgehead atoms. The molecule has 0 saturated carbocycles. The van der Waals surface area contributed by atoms with Crippen LogP contribution in [0, 0.1) is 0 Å². The summed E-state index contributed by atoms with van der Waals surface area (Å²) in [4.78, 5) is 29.1. The first-order chi connectivity index (χ1) is 12.2. The number of hydrogen-bond acceptors (Lipinski definition) is 7. The SMILES string of the molecule is Nc1nc(CCCNC(=O)N2CCCN(c3ncccn3)CC2)cs1. The maximum Gasteiger partial charge on any atom is 0.317 e. The van der Waals surface area contributed by atoms with E-state index in [2.05, 4.69) is 25.2 Å². The molecular formula is C16H23N7OS. The van der Waals surface area contributed by atoms with Crippen LogP contribution < -0.4 is 16.0 Å². The second-order valence-electron chi connectivity index (χ2n) is 5.89. The van der Waals surface area contributed by atoms with Crippen LogP contribution in [-0.2, 0) is 6.42 Å². The average Bonchev–Trinajstić information content (AvgIpc) is 2.90. The van der Waals surface area contributed by atoms with Crippen molar-refractivity contribution >= 4 is 28.4 Å². The van der Waals surface area contributed by atoms with E-state index in [0.717, 1.165) is 50.5 Å². The van der Waals surface area contributed by atoms with Crippen LogP contribution in [0.5, 0.6) is 0 Å². The summed E-state index contributed by atoms with van der Waals surface area (Å²) >= 11 is 1.45. The molecule has 3 heterocycles. The molecule has 25 heavy (non-hydrogen) atoms. The number of nitrogens with two attached hydrogens (primary N) is 1. The smallest absolute Gasteiger partial charge is 0.317 e. The normalized spacial score (nSPS) is 15.0. The summed E-state index contributed by atoms with van der Waals surface area (Å²) in [6, 6.07) is 1.80. The Kier molecular flexibility index (Phi) is 5.99. The van der Waals surface area contributed by atoms with Crippen LogP contribution in [-0.4, -0.2) is 58.6 Å². The van der Waals surface area contributed by atoms with E-state index in [1.165, 1.54) is 11.3 Å². The molecule has 3 N–H and O–H groups in total. The van der Waals surface area contributed by atoms with Gasteiger partial charge in [0.1, 0.15) is 0 Å². The Morgan fingerprint density at radius 2 is 2.08 bits per heavy atom. The van der Waals surface area contributed by atoms with Crippen molar-refractivity contribution < 1.29 is 4.79 Å². The van der Waals surface area contributed by atoms with Gasteiger partial charge in [0.2, 0.25) is 5.95 Å². The number of nitrogens with zero attached hydrogens (tertiary/aromatic N) is 5.